The number of hydrogen-bond donors (Lipinski definition) is 1. The molecule has 33 heavy (non-hydrogen) atoms. The van der Waals surface area contributed by atoms with Gasteiger partial charge in [-0.15, -0.1) is 0 Å². The molecule has 2 bridgehead atoms. The smallest absolute Gasteiger partial charge is 0.289 e. The summed E-state index contributed by atoms with van der Waals surface area (Å²) >= 11 is 0. The van der Waals surface area contributed by atoms with Crippen LogP contribution in [0.25, 0.3) is 0 Å². The minimum absolute atomic E-state index is 0.0561. The topological polar surface area (TPSA) is 92.1 Å². The summed E-state index contributed by atoms with van der Waals surface area (Å²) in [6.45, 7) is 2.08. The molecule has 3 heterocycles. The van der Waals surface area contributed by atoms with Gasteiger partial charge in [-0.2, -0.15) is 0 Å². The van der Waals surface area contributed by atoms with Crippen molar-refractivity contribution in [3.63, 3.8) is 0 Å². The van der Waals surface area contributed by atoms with Gasteiger partial charge in [-0.25, -0.2) is 0 Å². The van der Waals surface area contributed by atoms with Crippen molar-refractivity contribution in [1.29, 1.82) is 0 Å². The van der Waals surface area contributed by atoms with Crippen LogP contribution in [0.1, 0.15) is 46.6 Å². The predicted octanol–water partition coefficient (Wildman–Crippen LogP) is 2.52. The number of nitrogens with zero attached hydrogens (tertiary/aromatic N) is 2. The fourth-order valence-corrected chi connectivity index (χ4v) is 6.18. The van der Waals surface area contributed by atoms with Crippen molar-refractivity contribution in [3.8, 4) is 5.75 Å². The summed E-state index contributed by atoms with van der Waals surface area (Å²) in [7, 11) is 0. The Bertz CT molecular complexity index is 1090. The van der Waals surface area contributed by atoms with Crippen molar-refractivity contribution in [3.05, 3.63) is 54.0 Å². The Morgan fingerprint density at radius 3 is 2.52 bits per heavy atom. The molecule has 4 atom stereocenters. The molecule has 7 rings (SSSR count). The van der Waals surface area contributed by atoms with Crippen LogP contribution in [0.2, 0.25) is 0 Å². The van der Waals surface area contributed by atoms with Crippen LogP contribution in [0.3, 0.4) is 0 Å². The monoisotopic (exact) mass is 449 g/mol. The quantitative estimate of drug-likeness (QED) is 0.761. The van der Waals surface area contributed by atoms with Gasteiger partial charge in [-0.3, -0.25) is 14.4 Å². The van der Waals surface area contributed by atoms with E-state index in [1.165, 1.54) is 6.26 Å². The highest BCUT2D eigenvalue weighted by atomic mass is 16.5. The van der Waals surface area contributed by atoms with Gasteiger partial charge in [-0.1, -0.05) is 12.1 Å². The summed E-state index contributed by atoms with van der Waals surface area (Å²) in [5, 5.41) is 3.15. The molecule has 3 amide bonds. The highest BCUT2D eigenvalue weighted by molar-refractivity contribution is 5.98. The molecule has 4 fully saturated rings. The number of carbonyl (C=O) groups excluding carboxylic acids is 3. The van der Waals surface area contributed by atoms with E-state index in [-0.39, 0.29) is 35.5 Å². The third-order valence-electron chi connectivity index (χ3n) is 7.89. The Kier molecular flexibility index (Phi) is 4.71. The van der Waals surface area contributed by atoms with Gasteiger partial charge in [0.05, 0.1) is 11.8 Å². The SMILES string of the molecule is O=C1N[C@]2(C[C@@H]3CC[C@@H]2C[C@@H]3C(=O)N2CCN(C(=O)c3ccco3)CC2)Oc2ccccc21. The van der Waals surface area contributed by atoms with E-state index in [1.807, 2.05) is 23.1 Å². The molecule has 2 aromatic rings. The van der Waals surface area contributed by atoms with E-state index < -0.39 is 5.72 Å². The number of amides is 3. The molecular weight excluding hydrogens is 422 g/mol. The first-order valence-corrected chi connectivity index (χ1v) is 11.8. The maximum atomic E-state index is 13.5. The van der Waals surface area contributed by atoms with Gasteiger partial charge < -0.3 is 24.3 Å². The van der Waals surface area contributed by atoms with Crippen LogP contribution in [0.4, 0.5) is 0 Å². The largest absolute Gasteiger partial charge is 0.467 e. The number of benzene rings is 1. The number of furan rings is 1. The fraction of sp³-hybridized carbons (Fsp3) is 0.480. The predicted molar refractivity (Wildman–Crippen MR) is 117 cm³/mol. The number of nitrogens with one attached hydrogen (secondary N) is 1. The summed E-state index contributed by atoms with van der Waals surface area (Å²) in [5.74, 6) is 1.15. The van der Waals surface area contributed by atoms with Gasteiger partial charge in [0.2, 0.25) is 5.91 Å². The average molecular weight is 450 g/mol. The number of rotatable bonds is 2. The van der Waals surface area contributed by atoms with Crippen molar-refractivity contribution in [1.82, 2.24) is 15.1 Å². The van der Waals surface area contributed by atoms with Gasteiger partial charge in [-0.05, 0) is 49.4 Å². The van der Waals surface area contributed by atoms with Gasteiger partial charge >= 0.3 is 0 Å². The Morgan fingerprint density at radius 2 is 1.79 bits per heavy atom. The number of piperazine rings is 1. The number of fused-ring (bicyclic) bond motifs is 3. The molecule has 2 aliphatic heterocycles. The van der Waals surface area contributed by atoms with Crippen LogP contribution in [-0.4, -0.2) is 59.4 Å². The van der Waals surface area contributed by atoms with E-state index in [2.05, 4.69) is 5.32 Å². The van der Waals surface area contributed by atoms with E-state index in [1.54, 1.807) is 23.1 Å². The fourth-order valence-electron chi connectivity index (χ4n) is 6.18. The summed E-state index contributed by atoms with van der Waals surface area (Å²) < 4.78 is 11.6. The van der Waals surface area contributed by atoms with Gasteiger partial charge in [0.25, 0.3) is 11.8 Å². The molecule has 5 aliphatic rings. The second kappa shape index (κ2) is 7.64. The number of carbonyl (C=O) groups is 3. The summed E-state index contributed by atoms with van der Waals surface area (Å²) in [5.41, 5.74) is -0.140. The first-order valence-electron chi connectivity index (χ1n) is 11.8. The highest BCUT2D eigenvalue weighted by Crippen LogP contribution is 2.52. The van der Waals surface area contributed by atoms with Crippen molar-refractivity contribution in [2.45, 2.75) is 31.4 Å². The molecule has 1 saturated heterocycles. The number of ether oxygens (including phenoxy) is 1. The molecule has 172 valence electrons. The minimum atomic E-state index is -0.709. The first kappa shape index (κ1) is 20.3. The van der Waals surface area contributed by atoms with Crippen molar-refractivity contribution in [2.24, 2.45) is 17.8 Å². The minimum Gasteiger partial charge on any atom is -0.467 e. The van der Waals surface area contributed by atoms with E-state index in [4.69, 9.17) is 9.15 Å². The molecule has 0 radical (unpaired) electrons. The standard InChI is InChI=1S/C25H27N3O5/c29-22-18-4-1-2-5-20(18)33-25(26-22)15-16-7-8-17(25)14-19(16)23(30)27-9-11-28(12-10-27)24(31)21-6-3-13-32-21/h1-6,13,16-17,19H,7-12,14-15H2,(H,26,29)/t16-,17+,19-,25+/m0/s1. The highest BCUT2D eigenvalue weighted by Gasteiger charge is 2.57. The zero-order valence-electron chi connectivity index (χ0n) is 18.4. The van der Waals surface area contributed by atoms with Gasteiger partial charge in [0.15, 0.2) is 11.5 Å². The van der Waals surface area contributed by atoms with Crippen molar-refractivity contribution >= 4 is 17.7 Å². The second-order valence-electron chi connectivity index (χ2n) is 9.62. The van der Waals surface area contributed by atoms with Crippen LogP contribution in [-0.2, 0) is 4.79 Å². The molecule has 8 nitrogen and oxygen atoms in total. The summed E-state index contributed by atoms with van der Waals surface area (Å²) in [6.07, 6.45) is 4.79. The maximum Gasteiger partial charge on any atom is 0.289 e. The Hall–Kier alpha value is -3.29. The normalized spacial score (nSPS) is 30.5. The summed E-state index contributed by atoms with van der Waals surface area (Å²) in [6, 6.07) is 10.7. The lowest BCUT2D eigenvalue weighted by Gasteiger charge is -2.55. The van der Waals surface area contributed by atoms with Crippen LogP contribution in [0, 0.1) is 17.8 Å². The zero-order valence-corrected chi connectivity index (χ0v) is 18.4. The first-order chi connectivity index (χ1) is 16.0. The summed E-state index contributed by atoms with van der Waals surface area (Å²) in [4.78, 5) is 42.4. The molecular formula is C25H27N3O5. The van der Waals surface area contributed by atoms with Crippen LogP contribution < -0.4 is 10.1 Å². The second-order valence-corrected chi connectivity index (χ2v) is 9.62. The lowest BCUT2D eigenvalue weighted by molar-refractivity contribution is -0.156. The molecule has 3 saturated carbocycles. The Balaban J connectivity index is 1.12. The number of hydrogen-bond acceptors (Lipinski definition) is 5. The van der Waals surface area contributed by atoms with Crippen LogP contribution in [0.5, 0.6) is 5.75 Å². The lowest BCUT2D eigenvalue weighted by Crippen LogP contribution is -2.67. The van der Waals surface area contributed by atoms with E-state index in [0.717, 1.165) is 19.3 Å². The lowest BCUT2D eigenvalue weighted by atomic mass is 9.59. The molecule has 1 aromatic carbocycles. The number of para-hydroxylation sites is 1. The zero-order chi connectivity index (χ0) is 22.6. The maximum absolute atomic E-state index is 13.5. The third-order valence-corrected chi connectivity index (χ3v) is 7.89. The molecule has 1 spiro atoms. The molecule has 3 aliphatic carbocycles. The Morgan fingerprint density at radius 1 is 1.00 bits per heavy atom. The van der Waals surface area contributed by atoms with Crippen molar-refractivity contribution < 1.29 is 23.5 Å². The van der Waals surface area contributed by atoms with Crippen LogP contribution >= 0.6 is 0 Å². The Labute approximate surface area is 191 Å². The van der Waals surface area contributed by atoms with E-state index in [9.17, 15) is 14.4 Å². The average Bonchev–Trinajstić information content (AvgIpc) is 3.39. The van der Waals surface area contributed by atoms with Crippen molar-refractivity contribution in [2.75, 3.05) is 26.2 Å². The molecule has 0 unspecified atom stereocenters. The van der Waals surface area contributed by atoms with E-state index >= 15 is 0 Å². The van der Waals surface area contributed by atoms with Gasteiger partial charge in [0.1, 0.15) is 5.75 Å². The molecule has 1 N–H and O–H groups in total. The molecule has 8 heteroatoms. The molecule has 1 aromatic heterocycles. The van der Waals surface area contributed by atoms with E-state index in [0.29, 0.717) is 49.7 Å². The third kappa shape index (κ3) is 3.31. The van der Waals surface area contributed by atoms with Gasteiger partial charge in [0, 0.05) is 44.4 Å². The van der Waals surface area contributed by atoms with Crippen LogP contribution in [0.15, 0.2) is 47.1 Å².